The number of halogens is 4. The van der Waals surface area contributed by atoms with E-state index in [0.29, 0.717) is 48.3 Å². The molecule has 0 bridgehead atoms. The molecule has 3 aromatic rings. The highest BCUT2D eigenvalue weighted by Gasteiger charge is 2.15. The van der Waals surface area contributed by atoms with Gasteiger partial charge in [0, 0.05) is 8.95 Å². The van der Waals surface area contributed by atoms with E-state index in [1.54, 1.807) is 30.3 Å². The first-order chi connectivity index (χ1) is 16.7. The van der Waals surface area contributed by atoms with Crippen LogP contribution in [0.4, 0.5) is 5.69 Å². The second kappa shape index (κ2) is 12.5. The molecule has 0 aliphatic carbocycles. The Hall–Kier alpha value is -2.50. The molecule has 0 radical (unpaired) electrons. The maximum atomic E-state index is 12.8. The standard InChI is InChI=1S/C26H20Br2Cl2N2O3/c1-3-34-24-12-16(5-7-23(24)35-14-17-4-6-21(29)22(30)11-17)10-18(13-31)26(33)32-25-19(27)8-15(2)9-20(25)28/h4-12H,3,14H2,1-2H3,(H,32,33)/b18-10+. The molecule has 180 valence electrons. The quantitative estimate of drug-likeness (QED) is 0.199. The predicted octanol–water partition coefficient (Wildman–Crippen LogP) is 8.35. The van der Waals surface area contributed by atoms with Crippen LogP contribution < -0.4 is 14.8 Å². The van der Waals surface area contributed by atoms with Crippen LogP contribution in [0.3, 0.4) is 0 Å². The molecular formula is C26H20Br2Cl2N2O3. The summed E-state index contributed by atoms with van der Waals surface area (Å²) in [7, 11) is 0. The third-order valence-electron chi connectivity index (χ3n) is 4.75. The zero-order valence-corrected chi connectivity index (χ0v) is 23.5. The maximum Gasteiger partial charge on any atom is 0.266 e. The molecule has 0 fully saturated rings. The Kier molecular flexibility index (Phi) is 9.64. The first-order valence-electron chi connectivity index (χ1n) is 10.4. The van der Waals surface area contributed by atoms with Gasteiger partial charge < -0.3 is 14.8 Å². The van der Waals surface area contributed by atoms with Crippen LogP contribution in [0.15, 0.2) is 63.0 Å². The van der Waals surface area contributed by atoms with Gasteiger partial charge in [-0.1, -0.05) is 35.3 Å². The van der Waals surface area contributed by atoms with Gasteiger partial charge in [0.05, 0.1) is 22.3 Å². The molecule has 0 heterocycles. The molecule has 0 atom stereocenters. The lowest BCUT2D eigenvalue weighted by molar-refractivity contribution is -0.112. The molecular weight excluding hydrogens is 619 g/mol. The van der Waals surface area contributed by atoms with E-state index in [2.05, 4.69) is 37.2 Å². The highest BCUT2D eigenvalue weighted by atomic mass is 79.9. The third-order valence-corrected chi connectivity index (χ3v) is 6.74. The number of hydrogen-bond donors (Lipinski definition) is 1. The van der Waals surface area contributed by atoms with Gasteiger partial charge in [-0.25, -0.2) is 0 Å². The van der Waals surface area contributed by atoms with Crippen LogP contribution in [0, 0.1) is 18.3 Å². The summed E-state index contributed by atoms with van der Waals surface area (Å²) in [4.78, 5) is 12.8. The molecule has 1 N–H and O–H groups in total. The number of hydrogen-bond acceptors (Lipinski definition) is 4. The van der Waals surface area contributed by atoms with Crippen LogP contribution in [0.5, 0.6) is 11.5 Å². The molecule has 0 spiro atoms. The van der Waals surface area contributed by atoms with Gasteiger partial charge >= 0.3 is 0 Å². The number of benzene rings is 3. The number of rotatable bonds is 8. The van der Waals surface area contributed by atoms with Gasteiger partial charge in [-0.2, -0.15) is 5.26 Å². The van der Waals surface area contributed by atoms with Crippen LogP contribution in [0.2, 0.25) is 10.0 Å². The molecule has 9 heteroatoms. The number of carbonyl (C=O) groups excluding carboxylic acids is 1. The van der Waals surface area contributed by atoms with Gasteiger partial charge in [-0.15, -0.1) is 0 Å². The van der Waals surface area contributed by atoms with Crippen molar-refractivity contribution in [3.63, 3.8) is 0 Å². The minimum atomic E-state index is -0.532. The Morgan fingerprint density at radius 1 is 1.03 bits per heavy atom. The number of nitrogens with one attached hydrogen (secondary N) is 1. The SMILES string of the molecule is CCOc1cc(/C=C(\C#N)C(=O)Nc2c(Br)cc(C)cc2Br)ccc1OCc1ccc(Cl)c(Cl)c1. The molecule has 3 rings (SSSR count). The number of amides is 1. The average molecular weight is 639 g/mol. The van der Waals surface area contributed by atoms with E-state index in [-0.39, 0.29) is 12.2 Å². The van der Waals surface area contributed by atoms with E-state index in [1.807, 2.05) is 38.1 Å². The lowest BCUT2D eigenvalue weighted by atomic mass is 10.1. The van der Waals surface area contributed by atoms with Crippen molar-refractivity contribution in [2.24, 2.45) is 0 Å². The Morgan fingerprint density at radius 3 is 2.37 bits per heavy atom. The average Bonchev–Trinajstić information content (AvgIpc) is 2.81. The Morgan fingerprint density at radius 2 is 1.74 bits per heavy atom. The minimum Gasteiger partial charge on any atom is -0.490 e. The number of nitrogens with zero attached hydrogens (tertiary/aromatic N) is 1. The fourth-order valence-corrected chi connectivity index (χ4v) is 5.04. The summed E-state index contributed by atoms with van der Waals surface area (Å²) in [6.45, 7) is 4.47. The lowest BCUT2D eigenvalue weighted by Gasteiger charge is -2.13. The molecule has 0 unspecified atom stereocenters. The number of ether oxygens (including phenoxy) is 2. The molecule has 0 aliphatic heterocycles. The van der Waals surface area contributed by atoms with Crippen LogP contribution in [-0.4, -0.2) is 12.5 Å². The van der Waals surface area contributed by atoms with E-state index in [0.717, 1.165) is 11.1 Å². The number of anilines is 1. The fourth-order valence-electron chi connectivity index (χ4n) is 3.11. The third kappa shape index (κ3) is 7.25. The zero-order chi connectivity index (χ0) is 25.5. The number of aryl methyl sites for hydroxylation is 1. The van der Waals surface area contributed by atoms with Crippen LogP contribution >= 0.6 is 55.1 Å². The van der Waals surface area contributed by atoms with Crippen molar-refractivity contribution in [3.8, 4) is 17.6 Å². The second-order valence-corrected chi connectivity index (χ2v) is 9.93. The van der Waals surface area contributed by atoms with E-state index >= 15 is 0 Å². The van der Waals surface area contributed by atoms with Crippen molar-refractivity contribution in [3.05, 3.63) is 89.8 Å². The summed E-state index contributed by atoms with van der Waals surface area (Å²) in [5.41, 5.74) is 2.97. The summed E-state index contributed by atoms with van der Waals surface area (Å²) in [5, 5.41) is 13.3. The molecule has 5 nitrogen and oxygen atoms in total. The predicted molar refractivity (Wildman–Crippen MR) is 147 cm³/mol. The Labute approximate surface area is 230 Å². The van der Waals surface area contributed by atoms with Crippen molar-refractivity contribution >= 4 is 72.7 Å². The van der Waals surface area contributed by atoms with E-state index < -0.39 is 5.91 Å². The van der Waals surface area contributed by atoms with Gasteiger partial charge in [0.15, 0.2) is 11.5 Å². The van der Waals surface area contributed by atoms with Gasteiger partial charge in [0.1, 0.15) is 18.2 Å². The van der Waals surface area contributed by atoms with Crippen molar-refractivity contribution in [2.75, 3.05) is 11.9 Å². The number of nitriles is 1. The smallest absolute Gasteiger partial charge is 0.266 e. The highest BCUT2D eigenvalue weighted by molar-refractivity contribution is 9.11. The molecule has 0 saturated carbocycles. The van der Waals surface area contributed by atoms with Crippen LogP contribution in [-0.2, 0) is 11.4 Å². The topological polar surface area (TPSA) is 71.3 Å². The van der Waals surface area contributed by atoms with Gasteiger partial charge in [0.25, 0.3) is 5.91 Å². The largest absolute Gasteiger partial charge is 0.490 e. The first-order valence-corrected chi connectivity index (χ1v) is 12.8. The fraction of sp³-hybridized carbons (Fsp3) is 0.154. The molecule has 0 saturated heterocycles. The van der Waals surface area contributed by atoms with Crippen molar-refractivity contribution in [2.45, 2.75) is 20.5 Å². The Balaban J connectivity index is 1.81. The van der Waals surface area contributed by atoms with Gasteiger partial charge in [-0.3, -0.25) is 4.79 Å². The van der Waals surface area contributed by atoms with Crippen molar-refractivity contribution in [1.82, 2.24) is 0 Å². The second-order valence-electron chi connectivity index (χ2n) is 7.40. The molecule has 0 aliphatic rings. The summed E-state index contributed by atoms with van der Waals surface area (Å²) < 4.78 is 13.1. The Bertz CT molecular complexity index is 1310. The van der Waals surface area contributed by atoms with Crippen molar-refractivity contribution < 1.29 is 14.3 Å². The number of carbonyl (C=O) groups is 1. The summed E-state index contributed by atoms with van der Waals surface area (Å²) >= 11 is 18.9. The maximum absolute atomic E-state index is 12.8. The summed E-state index contributed by atoms with van der Waals surface area (Å²) in [6, 6.07) is 16.2. The first kappa shape index (κ1) is 27.1. The minimum absolute atomic E-state index is 0.0590. The van der Waals surface area contributed by atoms with E-state index in [1.165, 1.54) is 6.08 Å². The lowest BCUT2D eigenvalue weighted by Crippen LogP contribution is -2.14. The monoisotopic (exact) mass is 636 g/mol. The van der Waals surface area contributed by atoms with E-state index in [4.69, 9.17) is 32.7 Å². The molecule has 1 amide bonds. The highest BCUT2D eigenvalue weighted by Crippen LogP contribution is 2.33. The summed E-state index contributed by atoms with van der Waals surface area (Å²) in [5.74, 6) is 0.476. The van der Waals surface area contributed by atoms with E-state index in [9.17, 15) is 10.1 Å². The van der Waals surface area contributed by atoms with Crippen LogP contribution in [0.25, 0.3) is 6.08 Å². The molecule has 0 aromatic heterocycles. The molecule has 3 aromatic carbocycles. The normalized spacial score (nSPS) is 11.1. The summed E-state index contributed by atoms with van der Waals surface area (Å²) in [6.07, 6.45) is 1.50. The zero-order valence-electron chi connectivity index (χ0n) is 18.8. The van der Waals surface area contributed by atoms with Gasteiger partial charge in [-0.05, 0) is 105 Å². The van der Waals surface area contributed by atoms with Crippen molar-refractivity contribution in [1.29, 1.82) is 5.26 Å². The van der Waals surface area contributed by atoms with Gasteiger partial charge in [0.2, 0.25) is 0 Å². The van der Waals surface area contributed by atoms with Crippen LogP contribution in [0.1, 0.15) is 23.6 Å². The molecule has 35 heavy (non-hydrogen) atoms.